The number of carboxylic acids is 1. The molecule has 0 fully saturated rings. The number of thioether (sulfide) groups is 1. The fourth-order valence-corrected chi connectivity index (χ4v) is 3.74. The molecule has 0 atom stereocenters. The second-order valence-electron chi connectivity index (χ2n) is 4.66. The number of carbonyl (C=O) groups is 1. The molecule has 3 aromatic rings. The Kier molecular flexibility index (Phi) is 4.59. The van der Waals surface area contributed by atoms with Crippen LogP contribution in [0.2, 0.25) is 0 Å². The zero-order valence-corrected chi connectivity index (χ0v) is 13.5. The lowest BCUT2D eigenvalue weighted by atomic mass is 10.1. The summed E-state index contributed by atoms with van der Waals surface area (Å²) in [5.41, 5.74) is 1.29. The smallest absolute Gasteiger partial charge is 0.345 e. The van der Waals surface area contributed by atoms with Crippen LogP contribution >= 0.6 is 23.1 Å². The van der Waals surface area contributed by atoms with Gasteiger partial charge < -0.3 is 10.1 Å². The predicted molar refractivity (Wildman–Crippen MR) is 91.1 cm³/mol. The SMILES string of the molecule is O=C(O)c1ccc(CSc2nc(-c3ccccc3)cc(=O)[nH]2)s1. The predicted octanol–water partition coefficient (Wildman–Crippen LogP) is 3.49. The van der Waals surface area contributed by atoms with Crippen LogP contribution in [0, 0.1) is 0 Å². The second-order valence-corrected chi connectivity index (χ2v) is 6.79. The van der Waals surface area contributed by atoms with Crippen LogP contribution in [0.4, 0.5) is 0 Å². The third kappa shape index (κ3) is 3.88. The molecule has 116 valence electrons. The molecule has 1 aromatic carbocycles. The van der Waals surface area contributed by atoms with Gasteiger partial charge in [0.15, 0.2) is 5.16 Å². The Morgan fingerprint density at radius 1 is 1.22 bits per heavy atom. The van der Waals surface area contributed by atoms with E-state index >= 15 is 0 Å². The summed E-state index contributed by atoms with van der Waals surface area (Å²) in [5.74, 6) is -0.372. The largest absolute Gasteiger partial charge is 0.477 e. The molecule has 23 heavy (non-hydrogen) atoms. The molecule has 0 aliphatic carbocycles. The Labute approximate surface area is 140 Å². The summed E-state index contributed by atoms with van der Waals surface area (Å²) in [7, 11) is 0. The van der Waals surface area contributed by atoms with E-state index in [2.05, 4.69) is 9.97 Å². The maximum atomic E-state index is 11.8. The average Bonchev–Trinajstić information content (AvgIpc) is 3.03. The van der Waals surface area contributed by atoms with Crippen molar-refractivity contribution in [2.45, 2.75) is 10.9 Å². The number of aromatic amines is 1. The number of aromatic nitrogens is 2. The van der Waals surface area contributed by atoms with Crippen molar-refractivity contribution in [3.05, 3.63) is 68.6 Å². The fourth-order valence-electron chi connectivity index (χ4n) is 1.97. The van der Waals surface area contributed by atoms with Crippen molar-refractivity contribution in [1.82, 2.24) is 9.97 Å². The van der Waals surface area contributed by atoms with E-state index in [1.54, 1.807) is 12.1 Å². The lowest BCUT2D eigenvalue weighted by Gasteiger charge is -2.03. The van der Waals surface area contributed by atoms with Gasteiger partial charge in [-0.05, 0) is 12.1 Å². The van der Waals surface area contributed by atoms with E-state index < -0.39 is 5.97 Å². The molecule has 0 amide bonds. The van der Waals surface area contributed by atoms with Crippen molar-refractivity contribution in [2.24, 2.45) is 0 Å². The highest BCUT2D eigenvalue weighted by molar-refractivity contribution is 7.98. The molecule has 0 saturated carbocycles. The average molecular weight is 344 g/mol. The minimum atomic E-state index is -0.927. The van der Waals surface area contributed by atoms with Gasteiger partial charge in [-0.2, -0.15) is 0 Å². The van der Waals surface area contributed by atoms with Crippen LogP contribution in [-0.4, -0.2) is 21.0 Å². The Bertz CT molecular complexity index is 888. The number of hydrogen-bond donors (Lipinski definition) is 2. The highest BCUT2D eigenvalue weighted by Crippen LogP contribution is 2.25. The number of nitrogens with one attached hydrogen (secondary N) is 1. The van der Waals surface area contributed by atoms with Crippen molar-refractivity contribution < 1.29 is 9.90 Å². The molecule has 0 saturated heterocycles. The van der Waals surface area contributed by atoms with Gasteiger partial charge >= 0.3 is 5.97 Å². The van der Waals surface area contributed by atoms with Gasteiger partial charge in [-0.25, -0.2) is 9.78 Å². The van der Waals surface area contributed by atoms with Crippen molar-refractivity contribution in [3.8, 4) is 11.3 Å². The fraction of sp³-hybridized carbons (Fsp3) is 0.0625. The van der Waals surface area contributed by atoms with Crippen LogP contribution < -0.4 is 5.56 Å². The zero-order chi connectivity index (χ0) is 16.2. The summed E-state index contributed by atoms with van der Waals surface area (Å²) in [5, 5.41) is 9.44. The second kappa shape index (κ2) is 6.80. The van der Waals surface area contributed by atoms with Crippen LogP contribution in [0.25, 0.3) is 11.3 Å². The van der Waals surface area contributed by atoms with E-state index in [0.29, 0.717) is 21.5 Å². The Balaban J connectivity index is 1.79. The topological polar surface area (TPSA) is 83.0 Å². The summed E-state index contributed by atoms with van der Waals surface area (Å²) < 4.78 is 0. The molecule has 3 rings (SSSR count). The monoisotopic (exact) mass is 344 g/mol. The van der Waals surface area contributed by atoms with E-state index in [1.807, 2.05) is 30.3 Å². The van der Waals surface area contributed by atoms with Gasteiger partial charge in [0.2, 0.25) is 0 Å². The number of hydrogen-bond acceptors (Lipinski definition) is 5. The summed E-state index contributed by atoms with van der Waals surface area (Å²) >= 11 is 2.60. The Morgan fingerprint density at radius 3 is 2.70 bits per heavy atom. The zero-order valence-electron chi connectivity index (χ0n) is 11.9. The minimum Gasteiger partial charge on any atom is -0.477 e. The molecule has 0 spiro atoms. The van der Waals surface area contributed by atoms with Crippen molar-refractivity contribution >= 4 is 29.1 Å². The first-order chi connectivity index (χ1) is 11.1. The molecule has 5 nitrogen and oxygen atoms in total. The van der Waals surface area contributed by atoms with Crippen LogP contribution in [0.3, 0.4) is 0 Å². The van der Waals surface area contributed by atoms with Gasteiger partial charge in [0.1, 0.15) is 4.88 Å². The number of H-pyrrole nitrogens is 1. The van der Waals surface area contributed by atoms with Crippen molar-refractivity contribution in [3.63, 3.8) is 0 Å². The van der Waals surface area contributed by atoms with Gasteiger partial charge in [-0.3, -0.25) is 4.79 Å². The van der Waals surface area contributed by atoms with Crippen molar-refractivity contribution in [2.75, 3.05) is 0 Å². The summed E-state index contributed by atoms with van der Waals surface area (Å²) in [6.07, 6.45) is 0. The first-order valence-corrected chi connectivity index (χ1v) is 8.53. The first-order valence-electron chi connectivity index (χ1n) is 6.73. The molecule has 0 bridgehead atoms. The van der Waals surface area contributed by atoms with Crippen LogP contribution in [0.1, 0.15) is 14.5 Å². The molecule has 2 heterocycles. The Morgan fingerprint density at radius 2 is 2.00 bits per heavy atom. The number of thiophene rings is 1. The summed E-state index contributed by atoms with van der Waals surface area (Å²) in [6.45, 7) is 0. The quantitative estimate of drug-likeness (QED) is 0.547. The Hall–Kier alpha value is -2.38. The van der Waals surface area contributed by atoms with Gasteiger partial charge in [-0.15, -0.1) is 11.3 Å². The van der Waals surface area contributed by atoms with Crippen LogP contribution in [0.5, 0.6) is 0 Å². The lowest BCUT2D eigenvalue weighted by Crippen LogP contribution is -2.08. The first kappa shape index (κ1) is 15.5. The molecule has 0 aliphatic heterocycles. The lowest BCUT2D eigenvalue weighted by molar-refractivity contribution is 0.0702. The van der Waals surface area contributed by atoms with Gasteiger partial charge in [-0.1, -0.05) is 42.1 Å². The highest BCUT2D eigenvalue weighted by atomic mass is 32.2. The van der Waals surface area contributed by atoms with E-state index in [0.717, 1.165) is 10.4 Å². The standard InChI is InChI=1S/C16H12N2O3S2/c19-14-8-12(10-4-2-1-3-5-10)17-16(18-14)22-9-11-6-7-13(23-11)15(20)21/h1-8H,9H2,(H,20,21)(H,17,18,19). The van der Waals surface area contributed by atoms with E-state index in [-0.39, 0.29) is 5.56 Å². The maximum Gasteiger partial charge on any atom is 0.345 e. The molecule has 7 heteroatoms. The van der Waals surface area contributed by atoms with Crippen LogP contribution in [0.15, 0.2) is 58.5 Å². The van der Waals surface area contributed by atoms with Gasteiger partial charge in [0.05, 0.1) is 5.69 Å². The maximum absolute atomic E-state index is 11.8. The minimum absolute atomic E-state index is 0.209. The van der Waals surface area contributed by atoms with E-state index in [1.165, 1.54) is 29.2 Å². The van der Waals surface area contributed by atoms with Crippen molar-refractivity contribution in [1.29, 1.82) is 0 Å². The van der Waals surface area contributed by atoms with E-state index in [9.17, 15) is 9.59 Å². The van der Waals surface area contributed by atoms with Gasteiger partial charge in [0, 0.05) is 22.3 Å². The number of nitrogens with zero attached hydrogens (tertiary/aromatic N) is 1. The molecular formula is C16H12N2O3S2. The molecule has 2 N–H and O–H groups in total. The summed E-state index contributed by atoms with van der Waals surface area (Å²) in [6, 6.07) is 14.3. The summed E-state index contributed by atoms with van der Waals surface area (Å²) in [4.78, 5) is 31.1. The van der Waals surface area contributed by atoms with E-state index in [4.69, 9.17) is 5.11 Å². The highest BCUT2D eigenvalue weighted by Gasteiger charge is 2.09. The number of aromatic carboxylic acids is 1. The third-order valence-corrected chi connectivity index (χ3v) is 5.19. The van der Waals surface area contributed by atoms with Crippen LogP contribution in [-0.2, 0) is 5.75 Å². The molecule has 2 aromatic heterocycles. The normalized spacial score (nSPS) is 10.6. The number of rotatable bonds is 5. The number of carboxylic acid groups (broad SMARTS) is 1. The third-order valence-electron chi connectivity index (χ3n) is 3.01. The van der Waals surface area contributed by atoms with Gasteiger partial charge in [0.25, 0.3) is 5.56 Å². The molecule has 0 radical (unpaired) electrons. The number of benzene rings is 1. The molecule has 0 unspecified atom stereocenters. The molecular weight excluding hydrogens is 332 g/mol. The molecule has 0 aliphatic rings.